The minimum atomic E-state index is -1.62. The topological polar surface area (TPSA) is 111 Å². The SMILES string of the molecule is CC/C=C\C/C=C\C/C=C\C/C=C\C/C=C\C/C=C\CCCCCCCCCCCCCCCCC(=O)OC(COC(=O)CCCCCCCCCCCCCCCCCCCCCCCCCCCCCCC/C=C\C/C=C\CCCCCCC)COC(OCC[N+](C)(C)C)C(=O)[O-]. The number of likely N-dealkylation sites (N-methyl/N-ethyl adjacent to an activating group) is 1. The molecule has 9 heteroatoms. The number of rotatable bonds is 79. The molecule has 0 N–H and O–H groups in total. The maximum atomic E-state index is 13.0. The lowest BCUT2D eigenvalue weighted by molar-refractivity contribution is -0.870. The fraction of sp³-hybridized carbons (Fsp3) is 0.789. The van der Waals surface area contributed by atoms with Crippen LogP contribution >= 0.6 is 0 Å². The monoisotopic (exact) mass is 1380 g/mol. The molecule has 0 saturated carbocycles. The van der Waals surface area contributed by atoms with E-state index in [0.717, 1.165) is 83.5 Å². The quantitative estimate of drug-likeness (QED) is 0.0195. The van der Waals surface area contributed by atoms with E-state index in [2.05, 4.69) is 111 Å². The largest absolute Gasteiger partial charge is 0.545 e. The molecule has 0 aromatic rings. The molecule has 0 amide bonds. The Balaban J connectivity index is 3.95. The molecule has 0 saturated heterocycles. The maximum absolute atomic E-state index is 13.0. The van der Waals surface area contributed by atoms with Crippen molar-refractivity contribution < 1.29 is 42.9 Å². The van der Waals surface area contributed by atoms with Gasteiger partial charge in [-0.2, -0.15) is 0 Å². The number of unbranched alkanes of at least 4 members (excludes halogenated alkanes) is 48. The molecule has 2 unspecified atom stereocenters. The van der Waals surface area contributed by atoms with E-state index < -0.39 is 24.3 Å². The van der Waals surface area contributed by atoms with Crippen molar-refractivity contribution in [3.63, 3.8) is 0 Å². The minimum Gasteiger partial charge on any atom is -0.545 e. The fourth-order valence-electron chi connectivity index (χ4n) is 12.4. The number of hydrogen-bond acceptors (Lipinski definition) is 8. The predicted molar refractivity (Wildman–Crippen MR) is 426 cm³/mol. The summed E-state index contributed by atoms with van der Waals surface area (Å²) in [5.41, 5.74) is 0. The lowest BCUT2D eigenvalue weighted by Gasteiger charge is -2.26. The average Bonchev–Trinajstić information content (AvgIpc) is 1.57. The third-order valence-corrected chi connectivity index (χ3v) is 18.8. The van der Waals surface area contributed by atoms with E-state index >= 15 is 0 Å². The van der Waals surface area contributed by atoms with Crippen LogP contribution in [0.2, 0.25) is 0 Å². The van der Waals surface area contributed by atoms with Gasteiger partial charge in [-0.25, -0.2) is 0 Å². The van der Waals surface area contributed by atoms with Crippen LogP contribution in [0.3, 0.4) is 0 Å². The summed E-state index contributed by atoms with van der Waals surface area (Å²) in [6.07, 6.45) is 108. The summed E-state index contributed by atoms with van der Waals surface area (Å²) in [5, 5.41) is 11.9. The van der Waals surface area contributed by atoms with E-state index in [1.165, 1.54) is 283 Å². The van der Waals surface area contributed by atoms with E-state index in [9.17, 15) is 19.5 Å². The molecule has 574 valence electrons. The van der Waals surface area contributed by atoms with Gasteiger partial charge in [-0.15, -0.1) is 0 Å². The van der Waals surface area contributed by atoms with E-state index in [4.69, 9.17) is 18.9 Å². The first kappa shape index (κ1) is 95.2. The summed E-state index contributed by atoms with van der Waals surface area (Å²) in [7, 11) is 5.95. The molecule has 0 aliphatic rings. The molecule has 0 aromatic heterocycles. The van der Waals surface area contributed by atoms with Crippen LogP contribution in [0.5, 0.6) is 0 Å². The lowest BCUT2D eigenvalue weighted by Crippen LogP contribution is -2.44. The number of carboxylic acids is 1. The molecule has 0 spiro atoms. The highest BCUT2D eigenvalue weighted by atomic mass is 16.7. The van der Waals surface area contributed by atoms with Crippen molar-refractivity contribution in [1.29, 1.82) is 0 Å². The molecule has 0 bridgehead atoms. The highest BCUT2D eigenvalue weighted by molar-refractivity contribution is 5.70. The van der Waals surface area contributed by atoms with Crippen molar-refractivity contribution in [3.8, 4) is 0 Å². The van der Waals surface area contributed by atoms with E-state index in [0.29, 0.717) is 23.9 Å². The van der Waals surface area contributed by atoms with Crippen molar-refractivity contribution >= 4 is 17.9 Å². The van der Waals surface area contributed by atoms with Crippen molar-refractivity contribution in [2.45, 2.75) is 411 Å². The first-order valence-electron chi connectivity index (χ1n) is 42.4. The van der Waals surface area contributed by atoms with Crippen LogP contribution in [0.15, 0.2) is 97.2 Å². The van der Waals surface area contributed by atoms with Gasteiger partial charge >= 0.3 is 11.9 Å². The van der Waals surface area contributed by atoms with E-state index in [1.54, 1.807) is 0 Å². The van der Waals surface area contributed by atoms with Crippen LogP contribution in [-0.4, -0.2) is 82.3 Å². The Kier molecular flexibility index (Phi) is 76.8. The second-order valence-corrected chi connectivity index (χ2v) is 29.7. The molecule has 9 nitrogen and oxygen atoms in total. The number of allylic oxidation sites excluding steroid dienone is 16. The van der Waals surface area contributed by atoms with Gasteiger partial charge in [0.15, 0.2) is 12.4 Å². The van der Waals surface area contributed by atoms with Gasteiger partial charge in [0.2, 0.25) is 0 Å². The van der Waals surface area contributed by atoms with Gasteiger partial charge in [-0.3, -0.25) is 9.59 Å². The first-order valence-corrected chi connectivity index (χ1v) is 42.4. The van der Waals surface area contributed by atoms with Crippen LogP contribution in [0.1, 0.15) is 399 Å². The Morgan fingerprint density at radius 3 is 0.859 bits per heavy atom. The van der Waals surface area contributed by atoms with Gasteiger partial charge in [0.1, 0.15) is 13.2 Å². The van der Waals surface area contributed by atoms with Crippen LogP contribution in [-0.2, 0) is 33.3 Å². The molecule has 2 atom stereocenters. The number of nitrogens with zero attached hydrogens (tertiary/aromatic N) is 1. The fourth-order valence-corrected chi connectivity index (χ4v) is 12.4. The zero-order valence-electron chi connectivity index (χ0n) is 65.9. The molecule has 99 heavy (non-hydrogen) atoms. The van der Waals surface area contributed by atoms with E-state index in [-0.39, 0.29) is 32.2 Å². The van der Waals surface area contributed by atoms with Crippen LogP contribution in [0.25, 0.3) is 0 Å². The molecule has 0 aliphatic heterocycles. The van der Waals surface area contributed by atoms with Crippen molar-refractivity contribution in [2.75, 3.05) is 47.5 Å². The Morgan fingerprint density at radius 1 is 0.313 bits per heavy atom. The van der Waals surface area contributed by atoms with Crippen LogP contribution in [0, 0.1) is 0 Å². The number of quaternary nitrogens is 1. The maximum Gasteiger partial charge on any atom is 0.306 e. The van der Waals surface area contributed by atoms with Gasteiger partial charge in [-0.05, 0) is 96.3 Å². The van der Waals surface area contributed by atoms with Crippen molar-refractivity contribution in [3.05, 3.63) is 97.2 Å². The molecule has 0 rings (SSSR count). The molecule has 0 radical (unpaired) electrons. The third-order valence-electron chi connectivity index (χ3n) is 18.8. The zero-order chi connectivity index (χ0) is 71.8. The number of aliphatic carboxylic acids is 1. The van der Waals surface area contributed by atoms with Gasteiger partial charge in [0, 0.05) is 12.8 Å². The van der Waals surface area contributed by atoms with E-state index in [1.807, 2.05) is 21.1 Å². The third kappa shape index (κ3) is 81.4. The van der Waals surface area contributed by atoms with Crippen molar-refractivity contribution in [2.24, 2.45) is 0 Å². The predicted octanol–water partition coefficient (Wildman–Crippen LogP) is 26.2. The summed E-state index contributed by atoms with van der Waals surface area (Å²) in [4.78, 5) is 37.6. The summed E-state index contributed by atoms with van der Waals surface area (Å²) in [6.45, 7) is 4.68. The first-order chi connectivity index (χ1) is 48.6. The molecule has 0 aliphatic carbocycles. The number of carbonyl (C=O) groups excluding carboxylic acids is 3. The van der Waals surface area contributed by atoms with Gasteiger partial charge in [0.25, 0.3) is 0 Å². The lowest BCUT2D eigenvalue weighted by atomic mass is 10.0. The zero-order valence-corrected chi connectivity index (χ0v) is 65.9. The molecule has 0 heterocycles. The highest BCUT2D eigenvalue weighted by Gasteiger charge is 2.22. The average molecular weight is 1390 g/mol. The number of hydrogen-bond donors (Lipinski definition) is 0. The Hall–Kier alpha value is -3.79. The summed E-state index contributed by atoms with van der Waals surface area (Å²) < 4.78 is 22.9. The van der Waals surface area contributed by atoms with Crippen LogP contribution in [0.4, 0.5) is 0 Å². The number of esters is 2. The molecular formula is C90H161NO8. The summed E-state index contributed by atoms with van der Waals surface area (Å²) >= 11 is 0. The number of ether oxygens (including phenoxy) is 4. The number of carbonyl (C=O) groups is 3. The second-order valence-electron chi connectivity index (χ2n) is 29.7. The van der Waals surface area contributed by atoms with Gasteiger partial charge in [-0.1, -0.05) is 387 Å². The Labute approximate surface area is 613 Å². The number of carboxylic acid groups (broad SMARTS) is 1. The Morgan fingerprint density at radius 2 is 0.576 bits per heavy atom. The Bertz CT molecular complexity index is 1960. The van der Waals surface area contributed by atoms with Crippen molar-refractivity contribution in [1.82, 2.24) is 0 Å². The molecule has 0 aromatic carbocycles. The molecule has 0 fully saturated rings. The molecular weight excluding hydrogens is 1220 g/mol. The van der Waals surface area contributed by atoms with Gasteiger partial charge < -0.3 is 33.3 Å². The minimum absolute atomic E-state index is 0.147. The smallest absolute Gasteiger partial charge is 0.306 e. The highest BCUT2D eigenvalue weighted by Crippen LogP contribution is 2.20. The second kappa shape index (κ2) is 79.9. The summed E-state index contributed by atoms with van der Waals surface area (Å²) in [6, 6.07) is 0. The van der Waals surface area contributed by atoms with Crippen LogP contribution < -0.4 is 5.11 Å². The van der Waals surface area contributed by atoms with Gasteiger partial charge in [0.05, 0.1) is 40.3 Å². The normalized spacial score (nSPS) is 13.1. The summed E-state index contributed by atoms with van der Waals surface area (Å²) in [5.74, 6) is -2.26. The standard InChI is InChI=1S/C90H161NO8/c1-6-8-10-12-14-16-18-20-22-24-26-28-30-32-34-36-38-40-41-42-43-44-45-46-47-49-50-52-54-56-58-60-62-64-66-68-70-72-74-76-78-80-87(92)97-84-86(85-98-90(89(94)95)96-83-82-91(3,4)5)99-88(93)81-79-77-75-73-71-69-67-65-63-61-59-57-55-53-51-48-39-37-35-33-31-29-27-25-23-21-19-17-15-13-11-9-7-2/h9,11,15,17-18,20-21,23-24,26-27,29,33,35,39,48,86,90H,6-8,10,12-14,16,19,22,25,28,30-32,34,36-38,40-47,49-85H2,1-5H3/b11-9-,17-15-,20-18-,23-21-,26-24-,29-27-,35-33-,48-39-.